The Kier molecular flexibility index (Phi) is 3.55. The third-order valence-electron chi connectivity index (χ3n) is 3.30. The lowest BCUT2D eigenvalue weighted by atomic mass is 10.1. The molecular weight excluding hydrogens is 312 g/mol. The molecule has 0 aliphatic heterocycles. The van der Waals surface area contributed by atoms with E-state index in [4.69, 9.17) is 0 Å². The maximum atomic E-state index is 13.1. The van der Waals surface area contributed by atoms with E-state index in [1.54, 1.807) is 0 Å². The Hall–Kier alpha value is -2.83. The molecule has 7 heteroatoms. The molecule has 23 heavy (non-hydrogen) atoms. The SMILES string of the molecule is Oc1cc(F)ccc1-c1ccnn1-c1cccc(C(F)(F)F)c1. The summed E-state index contributed by atoms with van der Waals surface area (Å²) in [4.78, 5) is 0. The van der Waals surface area contributed by atoms with E-state index in [1.807, 2.05) is 0 Å². The van der Waals surface area contributed by atoms with Gasteiger partial charge in [0, 0.05) is 11.6 Å². The first-order valence-electron chi connectivity index (χ1n) is 6.57. The Bertz CT molecular complexity index is 855. The first-order valence-corrected chi connectivity index (χ1v) is 6.57. The molecule has 2 aromatic carbocycles. The number of hydrogen-bond donors (Lipinski definition) is 1. The third kappa shape index (κ3) is 2.90. The van der Waals surface area contributed by atoms with Crippen LogP contribution in [0.1, 0.15) is 5.56 Å². The first-order chi connectivity index (χ1) is 10.9. The summed E-state index contributed by atoms with van der Waals surface area (Å²) >= 11 is 0. The van der Waals surface area contributed by atoms with Crippen LogP contribution in [0.4, 0.5) is 17.6 Å². The molecule has 0 aliphatic rings. The second kappa shape index (κ2) is 5.42. The average Bonchev–Trinajstić information content (AvgIpc) is 2.96. The lowest BCUT2D eigenvalue weighted by Crippen LogP contribution is -2.07. The van der Waals surface area contributed by atoms with Gasteiger partial charge in [-0.3, -0.25) is 0 Å². The highest BCUT2D eigenvalue weighted by atomic mass is 19.4. The Morgan fingerprint density at radius 3 is 2.48 bits per heavy atom. The predicted octanol–water partition coefficient (Wildman–Crippen LogP) is 4.40. The fourth-order valence-electron chi connectivity index (χ4n) is 2.25. The van der Waals surface area contributed by atoms with Crippen molar-refractivity contribution >= 4 is 0 Å². The van der Waals surface area contributed by atoms with Crippen LogP contribution in [0.2, 0.25) is 0 Å². The van der Waals surface area contributed by atoms with Gasteiger partial charge in [0.2, 0.25) is 0 Å². The van der Waals surface area contributed by atoms with Crippen LogP contribution >= 0.6 is 0 Å². The summed E-state index contributed by atoms with van der Waals surface area (Å²) in [6, 6.07) is 9.59. The molecule has 1 heterocycles. The first kappa shape index (κ1) is 15.1. The molecule has 0 saturated heterocycles. The van der Waals surface area contributed by atoms with E-state index in [9.17, 15) is 22.7 Å². The number of alkyl halides is 3. The molecule has 3 aromatic rings. The van der Waals surface area contributed by atoms with Gasteiger partial charge < -0.3 is 5.11 Å². The maximum absolute atomic E-state index is 13.1. The number of phenolic OH excluding ortho intramolecular Hbond substituents is 1. The van der Waals surface area contributed by atoms with Gasteiger partial charge in [-0.25, -0.2) is 9.07 Å². The minimum atomic E-state index is -4.47. The lowest BCUT2D eigenvalue weighted by molar-refractivity contribution is -0.137. The van der Waals surface area contributed by atoms with Gasteiger partial charge >= 0.3 is 6.18 Å². The van der Waals surface area contributed by atoms with Gasteiger partial charge in [0.1, 0.15) is 11.6 Å². The zero-order valence-corrected chi connectivity index (χ0v) is 11.5. The summed E-state index contributed by atoms with van der Waals surface area (Å²) in [5.74, 6) is -0.935. The van der Waals surface area contributed by atoms with Crippen molar-refractivity contribution in [1.29, 1.82) is 0 Å². The Morgan fingerprint density at radius 1 is 1.00 bits per heavy atom. The molecule has 3 nitrogen and oxygen atoms in total. The molecule has 0 radical (unpaired) electrons. The van der Waals surface area contributed by atoms with Crippen molar-refractivity contribution in [2.45, 2.75) is 6.18 Å². The summed E-state index contributed by atoms with van der Waals surface area (Å²) in [6.07, 6.45) is -3.08. The number of aromatic hydroxyl groups is 1. The van der Waals surface area contributed by atoms with Crippen LogP contribution in [0.25, 0.3) is 16.9 Å². The molecule has 0 unspecified atom stereocenters. The summed E-state index contributed by atoms with van der Waals surface area (Å²) < 4.78 is 52.8. The minimum absolute atomic E-state index is 0.184. The summed E-state index contributed by atoms with van der Waals surface area (Å²) in [7, 11) is 0. The molecule has 118 valence electrons. The molecule has 1 aromatic heterocycles. The van der Waals surface area contributed by atoms with Crippen LogP contribution in [-0.2, 0) is 6.18 Å². The monoisotopic (exact) mass is 322 g/mol. The largest absolute Gasteiger partial charge is 0.507 e. The van der Waals surface area contributed by atoms with Crippen LogP contribution < -0.4 is 0 Å². The summed E-state index contributed by atoms with van der Waals surface area (Å²) in [5, 5.41) is 13.9. The van der Waals surface area contributed by atoms with Crippen LogP contribution in [-0.4, -0.2) is 14.9 Å². The van der Waals surface area contributed by atoms with Crippen LogP contribution in [0, 0.1) is 5.82 Å². The molecule has 0 fully saturated rings. The Labute approximate surface area is 128 Å². The van der Waals surface area contributed by atoms with Crippen LogP contribution in [0.15, 0.2) is 54.7 Å². The lowest BCUT2D eigenvalue weighted by Gasteiger charge is -2.12. The fourth-order valence-corrected chi connectivity index (χ4v) is 2.25. The van der Waals surface area contributed by atoms with Gasteiger partial charge in [0.05, 0.1) is 23.1 Å². The van der Waals surface area contributed by atoms with E-state index in [-0.39, 0.29) is 17.0 Å². The molecule has 0 atom stereocenters. The Morgan fingerprint density at radius 2 is 1.78 bits per heavy atom. The smallest absolute Gasteiger partial charge is 0.416 e. The van der Waals surface area contributed by atoms with E-state index < -0.39 is 17.6 Å². The summed E-state index contributed by atoms with van der Waals surface area (Å²) in [6.45, 7) is 0. The predicted molar refractivity (Wildman–Crippen MR) is 75.6 cm³/mol. The number of nitrogens with zero attached hydrogens (tertiary/aromatic N) is 2. The Balaban J connectivity index is 2.12. The maximum Gasteiger partial charge on any atom is 0.416 e. The van der Waals surface area contributed by atoms with Gasteiger partial charge in [0.15, 0.2) is 0 Å². The van der Waals surface area contributed by atoms with Gasteiger partial charge in [0.25, 0.3) is 0 Å². The second-order valence-electron chi connectivity index (χ2n) is 4.84. The van der Waals surface area contributed by atoms with E-state index >= 15 is 0 Å². The third-order valence-corrected chi connectivity index (χ3v) is 3.30. The minimum Gasteiger partial charge on any atom is -0.507 e. The second-order valence-corrected chi connectivity index (χ2v) is 4.84. The van der Waals surface area contributed by atoms with Crippen molar-refractivity contribution < 1.29 is 22.7 Å². The van der Waals surface area contributed by atoms with Gasteiger partial charge in [-0.2, -0.15) is 18.3 Å². The molecular formula is C16H10F4N2O. The molecule has 1 N–H and O–H groups in total. The van der Waals surface area contributed by atoms with Gasteiger partial charge in [-0.15, -0.1) is 0 Å². The van der Waals surface area contributed by atoms with Crippen molar-refractivity contribution in [2.75, 3.05) is 0 Å². The molecule has 0 amide bonds. The van der Waals surface area contributed by atoms with Gasteiger partial charge in [-0.1, -0.05) is 6.07 Å². The highest BCUT2D eigenvalue weighted by Crippen LogP contribution is 2.33. The number of aromatic nitrogens is 2. The number of phenols is 1. The van der Waals surface area contributed by atoms with E-state index in [2.05, 4.69) is 5.10 Å². The normalized spacial score (nSPS) is 11.7. The van der Waals surface area contributed by atoms with Crippen molar-refractivity contribution in [3.8, 4) is 22.7 Å². The highest BCUT2D eigenvalue weighted by Gasteiger charge is 2.30. The van der Waals surface area contributed by atoms with Crippen molar-refractivity contribution in [3.05, 3.63) is 66.1 Å². The zero-order chi connectivity index (χ0) is 16.6. The van der Waals surface area contributed by atoms with Crippen LogP contribution in [0.3, 0.4) is 0 Å². The molecule has 0 spiro atoms. The van der Waals surface area contributed by atoms with Crippen LogP contribution in [0.5, 0.6) is 5.75 Å². The molecule has 3 rings (SSSR count). The van der Waals surface area contributed by atoms with Crippen molar-refractivity contribution in [1.82, 2.24) is 9.78 Å². The molecule has 0 bridgehead atoms. The van der Waals surface area contributed by atoms with E-state index in [0.29, 0.717) is 5.69 Å². The number of halogens is 4. The molecule has 0 saturated carbocycles. The van der Waals surface area contributed by atoms with Crippen molar-refractivity contribution in [3.63, 3.8) is 0 Å². The van der Waals surface area contributed by atoms with Gasteiger partial charge in [-0.05, 0) is 36.4 Å². The molecule has 0 aliphatic carbocycles. The van der Waals surface area contributed by atoms with Crippen molar-refractivity contribution in [2.24, 2.45) is 0 Å². The highest BCUT2D eigenvalue weighted by molar-refractivity contribution is 5.68. The fraction of sp³-hybridized carbons (Fsp3) is 0.0625. The quantitative estimate of drug-likeness (QED) is 0.710. The topological polar surface area (TPSA) is 38.1 Å². The zero-order valence-electron chi connectivity index (χ0n) is 11.5. The van der Waals surface area contributed by atoms with E-state index in [1.165, 1.54) is 35.1 Å². The number of rotatable bonds is 2. The summed E-state index contributed by atoms with van der Waals surface area (Å²) in [5.41, 5.74) is -0.00790. The average molecular weight is 322 g/mol. The number of benzene rings is 2. The number of hydrogen-bond acceptors (Lipinski definition) is 2. The van der Waals surface area contributed by atoms with E-state index in [0.717, 1.165) is 24.3 Å². The standard InChI is InChI=1S/C16H10F4N2O/c17-11-4-5-13(15(23)9-11)14-6-7-21-22(14)12-3-1-2-10(8-12)16(18,19)20/h1-9,23H.